The molecule has 2 nitrogen and oxygen atoms in total. The monoisotopic (exact) mass is 184 g/mol. The number of pyridine rings is 1. The minimum Gasteiger partial charge on any atom is -0.496 e. The third kappa shape index (κ3) is 1.59. The summed E-state index contributed by atoms with van der Waals surface area (Å²) >= 11 is 0. The Bertz CT molecular complexity index is 412. The summed E-state index contributed by atoms with van der Waals surface area (Å²) in [5, 5.41) is 0. The number of ether oxygens (including phenoxy) is 1. The summed E-state index contributed by atoms with van der Waals surface area (Å²) < 4.78 is 5.25. The van der Waals surface area contributed by atoms with Crippen LogP contribution in [0.4, 0.5) is 0 Å². The molecule has 1 aromatic heterocycles. The molecule has 0 amide bonds. The van der Waals surface area contributed by atoms with Crippen LogP contribution in [0, 0.1) is 6.07 Å². The van der Waals surface area contributed by atoms with E-state index in [1.807, 2.05) is 30.3 Å². The van der Waals surface area contributed by atoms with Crippen LogP contribution >= 0.6 is 0 Å². The van der Waals surface area contributed by atoms with Crippen LogP contribution in [0.5, 0.6) is 5.75 Å². The summed E-state index contributed by atoms with van der Waals surface area (Å²) in [5.41, 5.74) is 2.06. The van der Waals surface area contributed by atoms with Crippen LogP contribution < -0.4 is 4.74 Å². The molecule has 69 valence electrons. The molecule has 0 spiro atoms. The Morgan fingerprint density at radius 3 is 3.00 bits per heavy atom. The van der Waals surface area contributed by atoms with Crippen LogP contribution in [0.2, 0.25) is 0 Å². The van der Waals surface area contributed by atoms with Gasteiger partial charge in [0.1, 0.15) is 5.75 Å². The van der Waals surface area contributed by atoms with E-state index in [0.717, 1.165) is 16.9 Å². The van der Waals surface area contributed by atoms with E-state index in [9.17, 15) is 0 Å². The van der Waals surface area contributed by atoms with Crippen molar-refractivity contribution in [3.63, 3.8) is 0 Å². The summed E-state index contributed by atoms with van der Waals surface area (Å²) in [5.74, 6) is 0.833. The van der Waals surface area contributed by atoms with Gasteiger partial charge in [-0.05, 0) is 23.8 Å². The zero-order chi connectivity index (χ0) is 9.80. The Kier molecular flexibility index (Phi) is 2.45. The maximum absolute atomic E-state index is 5.25. The molecule has 0 aliphatic heterocycles. The molecule has 0 saturated carbocycles. The quantitative estimate of drug-likeness (QED) is 0.715. The predicted molar refractivity (Wildman–Crippen MR) is 55.1 cm³/mol. The van der Waals surface area contributed by atoms with E-state index >= 15 is 0 Å². The predicted octanol–water partition coefficient (Wildman–Crippen LogP) is 2.56. The van der Waals surface area contributed by atoms with E-state index in [1.54, 1.807) is 19.5 Å². The number of hydrogen-bond donors (Lipinski definition) is 0. The number of hydrogen-bond acceptors (Lipinski definition) is 2. The number of methoxy groups -OCH3 is 1. The van der Waals surface area contributed by atoms with Gasteiger partial charge in [-0.15, -0.1) is 0 Å². The van der Waals surface area contributed by atoms with Crippen molar-refractivity contribution >= 4 is 0 Å². The molecule has 1 aromatic carbocycles. The molecule has 0 aliphatic rings. The lowest BCUT2D eigenvalue weighted by Crippen LogP contribution is -1.88. The van der Waals surface area contributed by atoms with Crippen molar-refractivity contribution in [3.05, 3.63) is 48.8 Å². The Morgan fingerprint density at radius 2 is 2.29 bits per heavy atom. The van der Waals surface area contributed by atoms with Crippen molar-refractivity contribution in [2.75, 3.05) is 7.11 Å². The van der Waals surface area contributed by atoms with Crippen molar-refractivity contribution in [2.45, 2.75) is 0 Å². The molecule has 1 radical (unpaired) electrons. The number of aromatic nitrogens is 1. The van der Waals surface area contributed by atoms with E-state index in [-0.39, 0.29) is 0 Å². The third-order valence-corrected chi connectivity index (χ3v) is 2.02. The molecule has 0 aliphatic carbocycles. The highest BCUT2D eigenvalue weighted by Crippen LogP contribution is 2.27. The zero-order valence-electron chi connectivity index (χ0n) is 7.90. The molecule has 2 heteroatoms. The molecule has 2 rings (SSSR count). The molecule has 0 saturated heterocycles. The third-order valence-electron chi connectivity index (χ3n) is 2.02. The zero-order valence-corrected chi connectivity index (χ0v) is 7.90. The fourth-order valence-corrected chi connectivity index (χ4v) is 1.34. The first-order valence-electron chi connectivity index (χ1n) is 4.36. The molecule has 0 bridgehead atoms. The Balaban J connectivity index is 2.51. The molecule has 0 atom stereocenters. The van der Waals surface area contributed by atoms with E-state index in [4.69, 9.17) is 4.74 Å². The minimum atomic E-state index is 0.833. The first-order chi connectivity index (χ1) is 6.92. The topological polar surface area (TPSA) is 22.1 Å². The Labute approximate surface area is 83.2 Å². The van der Waals surface area contributed by atoms with Crippen molar-refractivity contribution in [1.29, 1.82) is 0 Å². The number of benzene rings is 1. The van der Waals surface area contributed by atoms with Crippen LogP contribution in [0.3, 0.4) is 0 Å². The van der Waals surface area contributed by atoms with Crippen molar-refractivity contribution in [2.24, 2.45) is 0 Å². The van der Waals surface area contributed by atoms with Crippen molar-refractivity contribution < 1.29 is 4.74 Å². The smallest absolute Gasteiger partial charge is 0.129 e. The molecule has 1 heterocycles. The highest BCUT2D eigenvalue weighted by molar-refractivity contribution is 5.68. The summed E-state index contributed by atoms with van der Waals surface area (Å²) in [6.07, 6.45) is 3.51. The fourth-order valence-electron chi connectivity index (χ4n) is 1.34. The average Bonchev–Trinajstić information content (AvgIpc) is 2.30. The van der Waals surface area contributed by atoms with Crippen LogP contribution in [-0.4, -0.2) is 12.1 Å². The molecular weight excluding hydrogens is 174 g/mol. The van der Waals surface area contributed by atoms with E-state index in [1.165, 1.54) is 0 Å². The summed E-state index contributed by atoms with van der Waals surface area (Å²) in [6.45, 7) is 0. The summed E-state index contributed by atoms with van der Waals surface area (Å²) in [4.78, 5) is 4.08. The van der Waals surface area contributed by atoms with Gasteiger partial charge >= 0.3 is 0 Å². The lowest BCUT2D eigenvalue weighted by molar-refractivity contribution is 0.416. The van der Waals surface area contributed by atoms with Crippen LogP contribution in [0.1, 0.15) is 0 Å². The Hall–Kier alpha value is -1.83. The normalized spacial score (nSPS) is 9.79. The molecule has 0 unspecified atom stereocenters. The molecule has 2 aromatic rings. The van der Waals surface area contributed by atoms with E-state index < -0.39 is 0 Å². The van der Waals surface area contributed by atoms with Crippen LogP contribution in [-0.2, 0) is 0 Å². The first-order valence-corrected chi connectivity index (χ1v) is 4.36. The number of rotatable bonds is 2. The molecule has 0 fully saturated rings. The van der Waals surface area contributed by atoms with Gasteiger partial charge in [0.15, 0.2) is 0 Å². The Morgan fingerprint density at radius 1 is 1.36 bits per heavy atom. The summed E-state index contributed by atoms with van der Waals surface area (Å²) in [7, 11) is 1.66. The number of nitrogens with zero attached hydrogens (tertiary/aromatic N) is 1. The second-order valence-electron chi connectivity index (χ2n) is 2.87. The van der Waals surface area contributed by atoms with Crippen LogP contribution in [0.25, 0.3) is 11.1 Å². The van der Waals surface area contributed by atoms with Gasteiger partial charge in [0.2, 0.25) is 0 Å². The lowest BCUT2D eigenvalue weighted by Gasteiger charge is -2.06. The highest BCUT2D eigenvalue weighted by atomic mass is 16.5. The SMILES string of the molecule is COc1ccncc1-c1c[c]ccc1. The largest absolute Gasteiger partial charge is 0.496 e. The van der Waals surface area contributed by atoms with Gasteiger partial charge in [-0.1, -0.05) is 18.2 Å². The highest BCUT2D eigenvalue weighted by Gasteiger charge is 2.03. The van der Waals surface area contributed by atoms with Crippen LogP contribution in [0.15, 0.2) is 42.7 Å². The van der Waals surface area contributed by atoms with Gasteiger partial charge in [-0.2, -0.15) is 0 Å². The minimum absolute atomic E-state index is 0.833. The van der Waals surface area contributed by atoms with Crippen molar-refractivity contribution in [1.82, 2.24) is 4.98 Å². The molecule has 0 N–H and O–H groups in total. The second-order valence-corrected chi connectivity index (χ2v) is 2.87. The first kappa shape index (κ1) is 8.75. The van der Waals surface area contributed by atoms with Crippen molar-refractivity contribution in [3.8, 4) is 16.9 Å². The van der Waals surface area contributed by atoms with Gasteiger partial charge in [0.05, 0.1) is 7.11 Å². The average molecular weight is 184 g/mol. The fraction of sp³-hybridized carbons (Fsp3) is 0.0833. The maximum Gasteiger partial charge on any atom is 0.129 e. The van der Waals surface area contributed by atoms with Gasteiger partial charge in [0.25, 0.3) is 0 Å². The van der Waals surface area contributed by atoms with E-state index in [2.05, 4.69) is 11.1 Å². The van der Waals surface area contributed by atoms with Gasteiger partial charge in [-0.25, -0.2) is 0 Å². The second kappa shape index (κ2) is 3.92. The standard InChI is InChI=1S/C12H10NO/c1-14-12-7-8-13-9-11(12)10-5-3-2-4-6-10/h2-3,5-9H,1H3. The lowest BCUT2D eigenvalue weighted by atomic mass is 10.1. The molecule has 14 heavy (non-hydrogen) atoms. The van der Waals surface area contributed by atoms with E-state index in [0.29, 0.717) is 0 Å². The molecular formula is C12H10NO. The van der Waals surface area contributed by atoms with Gasteiger partial charge < -0.3 is 4.74 Å². The van der Waals surface area contributed by atoms with Gasteiger partial charge in [0, 0.05) is 18.0 Å². The maximum atomic E-state index is 5.25. The summed E-state index contributed by atoms with van der Waals surface area (Å²) in [6, 6.07) is 12.6. The van der Waals surface area contributed by atoms with Gasteiger partial charge in [-0.3, -0.25) is 4.98 Å².